The number of aliphatic carboxylic acids is 4. The molecule has 0 aromatic carbocycles. The van der Waals surface area contributed by atoms with Crippen molar-refractivity contribution in [1.82, 2.24) is 0 Å². The van der Waals surface area contributed by atoms with Crippen LogP contribution in [0.25, 0.3) is 0 Å². The van der Waals surface area contributed by atoms with Crippen LogP contribution >= 0.6 is 0 Å². The summed E-state index contributed by atoms with van der Waals surface area (Å²) in [5.41, 5.74) is -2.74. The third-order valence-electron chi connectivity index (χ3n) is 4.28. The van der Waals surface area contributed by atoms with Gasteiger partial charge in [0.1, 0.15) is 0 Å². The van der Waals surface area contributed by atoms with Gasteiger partial charge in [0.05, 0.1) is 12.8 Å². The number of rotatable bonds is 17. The number of carboxylic acids is 4. The Morgan fingerprint density at radius 1 is 0.586 bits per heavy atom. The molecule has 0 aromatic rings. The molecular formula is C20H36O9. The van der Waals surface area contributed by atoms with E-state index in [4.69, 9.17) is 25.5 Å². The second-order valence-electron chi connectivity index (χ2n) is 7.16. The van der Waals surface area contributed by atoms with E-state index < -0.39 is 42.3 Å². The molecule has 0 amide bonds. The molecule has 0 radical (unpaired) electrons. The number of aliphatic hydroxyl groups is 1. The molecule has 0 aromatic heterocycles. The maximum atomic E-state index is 10.3. The average molecular weight is 420 g/mol. The molecule has 0 aliphatic rings. The van der Waals surface area contributed by atoms with Crippen LogP contribution in [0, 0.1) is 0 Å². The zero-order valence-electron chi connectivity index (χ0n) is 17.3. The minimum Gasteiger partial charge on any atom is -0.481 e. The van der Waals surface area contributed by atoms with E-state index in [9.17, 15) is 19.2 Å². The summed E-state index contributed by atoms with van der Waals surface area (Å²) in [6.45, 7) is 2.25. The lowest BCUT2D eigenvalue weighted by atomic mass is 9.96. The van der Waals surface area contributed by atoms with Gasteiger partial charge in [0, 0.05) is 6.42 Å². The maximum Gasteiger partial charge on any atom is 0.336 e. The molecule has 9 nitrogen and oxygen atoms in total. The van der Waals surface area contributed by atoms with Gasteiger partial charge in [-0.1, -0.05) is 71.1 Å². The Labute approximate surface area is 171 Å². The monoisotopic (exact) mass is 420 g/mol. The summed E-state index contributed by atoms with van der Waals surface area (Å²) < 4.78 is 0. The van der Waals surface area contributed by atoms with Crippen LogP contribution < -0.4 is 0 Å². The minimum absolute atomic E-state index is 0.344. The molecule has 0 saturated heterocycles. The molecule has 0 spiro atoms. The fourth-order valence-corrected chi connectivity index (χ4v) is 2.65. The second kappa shape index (κ2) is 17.9. The predicted octanol–water partition coefficient (Wildman–Crippen LogP) is 3.52. The van der Waals surface area contributed by atoms with Crippen LogP contribution in [0.15, 0.2) is 0 Å². The Balaban J connectivity index is 0. The molecule has 0 saturated carbocycles. The van der Waals surface area contributed by atoms with Gasteiger partial charge < -0.3 is 25.5 Å². The lowest BCUT2D eigenvalue weighted by Gasteiger charge is -2.18. The first kappa shape index (κ1) is 29.0. The average Bonchev–Trinajstić information content (AvgIpc) is 2.58. The van der Waals surface area contributed by atoms with Gasteiger partial charge >= 0.3 is 23.9 Å². The van der Waals surface area contributed by atoms with E-state index in [0.29, 0.717) is 6.42 Å². The molecular weight excluding hydrogens is 384 g/mol. The lowest BCUT2D eigenvalue weighted by Crippen LogP contribution is -2.42. The van der Waals surface area contributed by atoms with Crippen LogP contribution in [0.2, 0.25) is 0 Å². The Kier molecular flexibility index (Phi) is 17.9. The molecule has 5 N–H and O–H groups in total. The smallest absolute Gasteiger partial charge is 0.336 e. The number of carbonyl (C=O) groups is 4. The summed E-state index contributed by atoms with van der Waals surface area (Å²) in [4.78, 5) is 40.7. The Hall–Kier alpha value is -2.16. The molecule has 29 heavy (non-hydrogen) atoms. The van der Waals surface area contributed by atoms with Gasteiger partial charge in [-0.25, -0.2) is 4.79 Å². The summed E-state index contributed by atoms with van der Waals surface area (Å²) in [5.74, 6) is -5.68. The van der Waals surface area contributed by atoms with Crippen molar-refractivity contribution in [3.8, 4) is 0 Å². The Morgan fingerprint density at radius 3 is 1.21 bits per heavy atom. The molecule has 0 rings (SSSR count). The van der Waals surface area contributed by atoms with Crippen molar-refractivity contribution < 1.29 is 44.7 Å². The fourth-order valence-electron chi connectivity index (χ4n) is 2.65. The Morgan fingerprint density at radius 2 is 0.931 bits per heavy atom. The largest absolute Gasteiger partial charge is 0.481 e. The lowest BCUT2D eigenvalue weighted by molar-refractivity contribution is -0.170. The van der Waals surface area contributed by atoms with Crippen LogP contribution in [-0.2, 0) is 19.2 Å². The fraction of sp³-hybridized carbons (Fsp3) is 0.800. The summed E-state index contributed by atoms with van der Waals surface area (Å²) in [7, 11) is 0. The molecule has 0 unspecified atom stereocenters. The first-order valence-electron chi connectivity index (χ1n) is 10.2. The van der Waals surface area contributed by atoms with Crippen LogP contribution in [-0.4, -0.2) is 55.0 Å². The number of unbranched alkanes of at least 4 members (excludes halogenated alkanes) is 10. The normalized spacial score (nSPS) is 10.7. The van der Waals surface area contributed by atoms with Gasteiger partial charge in [0.2, 0.25) is 0 Å². The molecule has 0 atom stereocenters. The Bertz CT molecular complexity index is 472. The first-order chi connectivity index (χ1) is 13.5. The number of carboxylic acid groups (broad SMARTS) is 4. The van der Waals surface area contributed by atoms with Gasteiger partial charge in [0.25, 0.3) is 0 Å². The van der Waals surface area contributed by atoms with Crippen LogP contribution in [0.3, 0.4) is 0 Å². The molecule has 170 valence electrons. The van der Waals surface area contributed by atoms with E-state index in [0.717, 1.165) is 12.8 Å². The summed E-state index contributed by atoms with van der Waals surface area (Å²) in [6.07, 6.45) is 12.1. The van der Waals surface area contributed by atoms with E-state index in [1.807, 2.05) is 0 Å². The third-order valence-corrected chi connectivity index (χ3v) is 4.28. The van der Waals surface area contributed by atoms with Crippen molar-refractivity contribution in [1.29, 1.82) is 0 Å². The zero-order chi connectivity index (χ0) is 22.7. The molecule has 0 bridgehead atoms. The van der Waals surface area contributed by atoms with Crippen molar-refractivity contribution in [3.63, 3.8) is 0 Å². The highest BCUT2D eigenvalue weighted by Crippen LogP contribution is 2.15. The molecule has 0 aliphatic heterocycles. The SMILES string of the molecule is CCCCCCCCCCCCCC(=O)O.O=C(O)CC(O)(CC(=O)O)C(=O)O. The quantitative estimate of drug-likeness (QED) is 0.221. The predicted molar refractivity (Wildman–Crippen MR) is 106 cm³/mol. The molecule has 0 fully saturated rings. The van der Waals surface area contributed by atoms with E-state index in [1.165, 1.54) is 57.8 Å². The highest BCUT2D eigenvalue weighted by Gasteiger charge is 2.40. The molecule has 0 heterocycles. The second-order valence-corrected chi connectivity index (χ2v) is 7.16. The van der Waals surface area contributed by atoms with Crippen molar-refractivity contribution >= 4 is 23.9 Å². The standard InChI is InChI=1S/C14H28O2.C6H8O7/c1-2-3-4-5-6-7-8-9-10-11-12-13-14(15)16;7-3(8)1-6(13,5(11)12)2-4(9)10/h2-13H2,1H3,(H,15,16);13H,1-2H2,(H,7,8)(H,9,10)(H,11,12). The van der Waals surface area contributed by atoms with Crippen molar-refractivity contribution in [2.75, 3.05) is 0 Å². The van der Waals surface area contributed by atoms with Gasteiger partial charge in [-0.05, 0) is 6.42 Å². The van der Waals surface area contributed by atoms with Crippen molar-refractivity contribution in [2.45, 2.75) is 102 Å². The first-order valence-corrected chi connectivity index (χ1v) is 10.2. The van der Waals surface area contributed by atoms with E-state index >= 15 is 0 Å². The topological polar surface area (TPSA) is 169 Å². The highest BCUT2D eigenvalue weighted by atomic mass is 16.4. The van der Waals surface area contributed by atoms with E-state index in [1.54, 1.807) is 0 Å². The third kappa shape index (κ3) is 20.4. The van der Waals surface area contributed by atoms with Gasteiger partial charge in [-0.15, -0.1) is 0 Å². The van der Waals surface area contributed by atoms with Crippen molar-refractivity contribution in [3.05, 3.63) is 0 Å². The van der Waals surface area contributed by atoms with E-state index in [2.05, 4.69) is 6.92 Å². The van der Waals surface area contributed by atoms with Crippen LogP contribution in [0.5, 0.6) is 0 Å². The highest BCUT2D eigenvalue weighted by molar-refractivity contribution is 5.88. The minimum atomic E-state index is -2.74. The van der Waals surface area contributed by atoms with Crippen LogP contribution in [0.4, 0.5) is 0 Å². The van der Waals surface area contributed by atoms with Gasteiger partial charge in [-0.3, -0.25) is 14.4 Å². The number of hydrogen-bond acceptors (Lipinski definition) is 5. The zero-order valence-corrected chi connectivity index (χ0v) is 17.3. The molecule has 0 aliphatic carbocycles. The van der Waals surface area contributed by atoms with E-state index in [-0.39, 0.29) is 0 Å². The van der Waals surface area contributed by atoms with Gasteiger partial charge in [0.15, 0.2) is 5.60 Å². The maximum absolute atomic E-state index is 10.3. The summed E-state index contributed by atoms with van der Waals surface area (Å²) in [5, 5.41) is 42.3. The van der Waals surface area contributed by atoms with Crippen LogP contribution in [0.1, 0.15) is 96.8 Å². The van der Waals surface area contributed by atoms with Gasteiger partial charge in [-0.2, -0.15) is 0 Å². The summed E-state index contributed by atoms with van der Waals surface area (Å²) >= 11 is 0. The molecule has 9 heteroatoms. The number of hydrogen-bond donors (Lipinski definition) is 5. The van der Waals surface area contributed by atoms with Crippen molar-refractivity contribution in [2.24, 2.45) is 0 Å². The summed E-state index contributed by atoms with van der Waals surface area (Å²) in [6, 6.07) is 0.